The summed E-state index contributed by atoms with van der Waals surface area (Å²) in [6.45, 7) is 4.17. The van der Waals surface area contributed by atoms with Gasteiger partial charge in [0.05, 0.1) is 0 Å². The Morgan fingerprint density at radius 1 is 1.40 bits per heavy atom. The lowest BCUT2D eigenvalue weighted by Gasteiger charge is -2.13. The molecular weight excluding hydrogens is 323 g/mol. The van der Waals surface area contributed by atoms with Gasteiger partial charge in [0.1, 0.15) is 11.5 Å². The third kappa shape index (κ3) is 3.28. The van der Waals surface area contributed by atoms with Gasteiger partial charge in [-0.2, -0.15) is 0 Å². The highest BCUT2D eigenvalue weighted by atomic mass is 79.9. The van der Waals surface area contributed by atoms with Gasteiger partial charge >= 0.3 is 0 Å². The summed E-state index contributed by atoms with van der Waals surface area (Å²) >= 11 is 3.37. The molecule has 1 heterocycles. The van der Waals surface area contributed by atoms with E-state index in [0.29, 0.717) is 11.3 Å². The minimum atomic E-state index is -0.312. The monoisotopic (exact) mass is 338 g/mol. The van der Waals surface area contributed by atoms with E-state index < -0.39 is 0 Å². The summed E-state index contributed by atoms with van der Waals surface area (Å²) in [5, 5.41) is 2.74. The Morgan fingerprint density at radius 2 is 2.10 bits per heavy atom. The summed E-state index contributed by atoms with van der Waals surface area (Å²) in [6, 6.07) is 8.36. The van der Waals surface area contributed by atoms with E-state index in [1.54, 1.807) is 24.3 Å². The number of carbonyl (C=O) groups excluding carboxylic acids is 1. The molecule has 2 rings (SSSR count). The summed E-state index contributed by atoms with van der Waals surface area (Å²) < 4.78 is 16.2. The van der Waals surface area contributed by atoms with Gasteiger partial charge in [-0.3, -0.25) is 4.79 Å². The van der Waals surface area contributed by atoms with E-state index in [0.717, 1.165) is 4.47 Å². The van der Waals surface area contributed by atoms with Crippen LogP contribution in [-0.2, 0) is 6.54 Å². The van der Waals surface area contributed by atoms with Gasteiger partial charge in [-0.1, -0.05) is 18.2 Å². The van der Waals surface area contributed by atoms with Crippen molar-refractivity contribution in [3.05, 3.63) is 58.1 Å². The van der Waals surface area contributed by atoms with Crippen molar-refractivity contribution in [1.82, 2.24) is 9.88 Å². The Hall–Kier alpha value is -1.62. The lowest BCUT2D eigenvalue weighted by Crippen LogP contribution is -2.26. The predicted octanol–water partition coefficient (Wildman–Crippen LogP) is 3.90. The molecule has 0 spiro atoms. The minimum absolute atomic E-state index is 0.173. The van der Waals surface area contributed by atoms with Crippen LogP contribution in [-0.4, -0.2) is 10.5 Å². The molecule has 1 amide bonds. The first-order valence-electron chi connectivity index (χ1n) is 6.38. The number of nitrogens with zero attached hydrogens (tertiary/aromatic N) is 1. The van der Waals surface area contributed by atoms with Crippen LogP contribution in [0.1, 0.15) is 35.9 Å². The zero-order valence-corrected chi connectivity index (χ0v) is 12.9. The molecule has 0 aliphatic carbocycles. The number of rotatable bonds is 4. The van der Waals surface area contributed by atoms with Gasteiger partial charge < -0.3 is 9.88 Å². The van der Waals surface area contributed by atoms with E-state index in [-0.39, 0.29) is 24.3 Å². The van der Waals surface area contributed by atoms with Gasteiger partial charge in [0, 0.05) is 28.8 Å². The Kier molecular flexibility index (Phi) is 4.60. The molecule has 20 heavy (non-hydrogen) atoms. The molecule has 0 aliphatic rings. The van der Waals surface area contributed by atoms with Crippen LogP contribution in [0.15, 0.2) is 41.0 Å². The highest BCUT2D eigenvalue weighted by molar-refractivity contribution is 9.10. The number of carbonyl (C=O) groups is 1. The van der Waals surface area contributed by atoms with Crippen LogP contribution in [0, 0.1) is 5.82 Å². The molecule has 106 valence electrons. The molecule has 0 radical (unpaired) electrons. The van der Waals surface area contributed by atoms with Gasteiger partial charge in [0.25, 0.3) is 5.91 Å². The first-order valence-corrected chi connectivity index (χ1v) is 7.17. The average Bonchev–Trinajstić information content (AvgIpc) is 2.80. The molecule has 0 unspecified atom stereocenters. The number of nitrogens with one attached hydrogen (secondary N) is 1. The summed E-state index contributed by atoms with van der Waals surface area (Å²) in [6.07, 6.45) is 1.86. The average molecular weight is 339 g/mol. The van der Waals surface area contributed by atoms with Crippen molar-refractivity contribution in [1.29, 1.82) is 0 Å². The molecule has 0 fully saturated rings. The summed E-state index contributed by atoms with van der Waals surface area (Å²) in [7, 11) is 0. The zero-order chi connectivity index (χ0) is 14.7. The second-order valence-corrected chi connectivity index (χ2v) is 5.73. The quantitative estimate of drug-likeness (QED) is 0.901. The van der Waals surface area contributed by atoms with Crippen molar-refractivity contribution >= 4 is 21.8 Å². The van der Waals surface area contributed by atoms with Crippen LogP contribution in [0.4, 0.5) is 4.39 Å². The van der Waals surface area contributed by atoms with E-state index in [1.165, 1.54) is 6.07 Å². The maximum Gasteiger partial charge on any atom is 0.268 e. The van der Waals surface area contributed by atoms with E-state index >= 15 is 0 Å². The second kappa shape index (κ2) is 6.22. The lowest BCUT2D eigenvalue weighted by molar-refractivity contribution is 0.0940. The van der Waals surface area contributed by atoms with Crippen molar-refractivity contribution in [3.63, 3.8) is 0 Å². The third-order valence-corrected chi connectivity index (χ3v) is 3.44. The van der Waals surface area contributed by atoms with Crippen LogP contribution in [0.25, 0.3) is 0 Å². The number of amides is 1. The maximum absolute atomic E-state index is 13.5. The predicted molar refractivity (Wildman–Crippen MR) is 80.1 cm³/mol. The number of aromatic nitrogens is 1. The molecule has 1 aromatic carbocycles. The summed E-state index contributed by atoms with van der Waals surface area (Å²) in [4.78, 5) is 12.2. The molecule has 2 aromatic rings. The lowest BCUT2D eigenvalue weighted by atomic mass is 10.2. The van der Waals surface area contributed by atoms with E-state index in [4.69, 9.17) is 0 Å². The van der Waals surface area contributed by atoms with Gasteiger partial charge in [0.15, 0.2) is 0 Å². The fourth-order valence-electron chi connectivity index (χ4n) is 1.96. The largest absolute Gasteiger partial charge is 0.347 e. The van der Waals surface area contributed by atoms with Gasteiger partial charge in [-0.25, -0.2) is 4.39 Å². The normalized spacial score (nSPS) is 10.8. The number of hydrogen-bond donors (Lipinski definition) is 1. The summed E-state index contributed by atoms with van der Waals surface area (Å²) in [5.41, 5.74) is 1.03. The van der Waals surface area contributed by atoms with Gasteiger partial charge in [0.2, 0.25) is 0 Å². The highest BCUT2D eigenvalue weighted by Crippen LogP contribution is 2.19. The molecule has 1 N–H and O–H groups in total. The third-order valence-electron chi connectivity index (χ3n) is 3.00. The number of hydrogen-bond acceptors (Lipinski definition) is 1. The van der Waals surface area contributed by atoms with Crippen molar-refractivity contribution in [2.45, 2.75) is 26.4 Å². The standard InChI is InChI=1S/C15H16BrFN2O/c1-10(2)19-9-12(16)7-14(19)15(20)18-8-11-5-3-4-6-13(11)17/h3-7,9-10H,8H2,1-2H3,(H,18,20). The number of halogens is 2. The smallest absolute Gasteiger partial charge is 0.268 e. The van der Waals surface area contributed by atoms with Crippen LogP contribution in [0.5, 0.6) is 0 Å². The Labute approximate surface area is 125 Å². The Morgan fingerprint density at radius 3 is 2.75 bits per heavy atom. The second-order valence-electron chi connectivity index (χ2n) is 4.82. The SMILES string of the molecule is CC(C)n1cc(Br)cc1C(=O)NCc1ccccc1F. The highest BCUT2D eigenvalue weighted by Gasteiger charge is 2.15. The number of benzene rings is 1. The first-order chi connectivity index (χ1) is 9.49. The minimum Gasteiger partial charge on any atom is -0.347 e. The Balaban J connectivity index is 2.11. The topological polar surface area (TPSA) is 34.0 Å². The molecule has 0 atom stereocenters. The van der Waals surface area contributed by atoms with Crippen LogP contribution >= 0.6 is 15.9 Å². The van der Waals surface area contributed by atoms with Crippen molar-refractivity contribution in [2.24, 2.45) is 0 Å². The molecule has 1 aromatic heterocycles. The van der Waals surface area contributed by atoms with Crippen molar-refractivity contribution in [2.75, 3.05) is 0 Å². The Bertz CT molecular complexity index is 622. The molecule has 0 saturated carbocycles. The molecule has 0 aliphatic heterocycles. The van der Waals surface area contributed by atoms with E-state index in [2.05, 4.69) is 21.2 Å². The van der Waals surface area contributed by atoms with E-state index in [9.17, 15) is 9.18 Å². The van der Waals surface area contributed by atoms with Crippen LogP contribution < -0.4 is 5.32 Å². The fourth-order valence-corrected chi connectivity index (χ4v) is 2.40. The first kappa shape index (κ1) is 14.8. The van der Waals surface area contributed by atoms with Gasteiger partial charge in [-0.15, -0.1) is 0 Å². The fraction of sp³-hybridized carbons (Fsp3) is 0.267. The van der Waals surface area contributed by atoms with E-state index in [1.807, 2.05) is 24.6 Å². The maximum atomic E-state index is 13.5. The molecule has 0 bridgehead atoms. The molecule has 5 heteroatoms. The summed E-state index contributed by atoms with van der Waals surface area (Å²) in [5.74, 6) is -0.527. The molecule has 3 nitrogen and oxygen atoms in total. The zero-order valence-electron chi connectivity index (χ0n) is 11.4. The van der Waals surface area contributed by atoms with Crippen LogP contribution in [0.2, 0.25) is 0 Å². The van der Waals surface area contributed by atoms with Crippen molar-refractivity contribution < 1.29 is 9.18 Å². The van der Waals surface area contributed by atoms with Crippen molar-refractivity contribution in [3.8, 4) is 0 Å². The molecule has 0 saturated heterocycles. The molecular formula is C15H16BrFN2O. The van der Waals surface area contributed by atoms with Crippen LogP contribution in [0.3, 0.4) is 0 Å². The van der Waals surface area contributed by atoms with Gasteiger partial charge in [-0.05, 0) is 41.9 Å².